The van der Waals surface area contributed by atoms with Gasteiger partial charge in [0.25, 0.3) is 0 Å². The molecule has 0 saturated carbocycles. The van der Waals surface area contributed by atoms with Crippen LogP contribution in [0.5, 0.6) is 0 Å². The topological polar surface area (TPSA) is 51.0 Å². The van der Waals surface area contributed by atoms with Gasteiger partial charge < -0.3 is 4.42 Å². The molecule has 0 unspecified atom stereocenters. The summed E-state index contributed by atoms with van der Waals surface area (Å²) in [5.41, 5.74) is 3.13. The molecular formula is C19H20ClN3O. The standard InChI is InChI=1S/C19H20ClN3O/c1-12-7-6-8-15(11-12)19-23-22-18(24-19)14(3)21-13(2)16-9-4-5-10-17(16)20/h4-11,13-14,21H,1-3H3/t13-,14-/m0/s1. The van der Waals surface area contributed by atoms with Gasteiger partial charge in [-0.3, -0.25) is 5.32 Å². The van der Waals surface area contributed by atoms with Gasteiger partial charge in [0.1, 0.15) is 0 Å². The number of benzene rings is 2. The zero-order chi connectivity index (χ0) is 17.1. The van der Waals surface area contributed by atoms with Crippen molar-refractivity contribution < 1.29 is 4.42 Å². The van der Waals surface area contributed by atoms with E-state index in [1.165, 1.54) is 0 Å². The van der Waals surface area contributed by atoms with Gasteiger partial charge in [-0.25, -0.2) is 0 Å². The van der Waals surface area contributed by atoms with Crippen LogP contribution in [0, 0.1) is 6.92 Å². The predicted molar refractivity (Wildman–Crippen MR) is 95.9 cm³/mol. The van der Waals surface area contributed by atoms with Crippen LogP contribution in [0.1, 0.15) is 42.9 Å². The number of hydrogen-bond donors (Lipinski definition) is 1. The summed E-state index contributed by atoms with van der Waals surface area (Å²) in [6.45, 7) is 6.10. The number of aromatic nitrogens is 2. The van der Waals surface area contributed by atoms with E-state index in [0.29, 0.717) is 11.8 Å². The van der Waals surface area contributed by atoms with Gasteiger partial charge in [-0.05, 0) is 44.5 Å². The van der Waals surface area contributed by atoms with Gasteiger partial charge in [0.2, 0.25) is 11.8 Å². The first-order chi connectivity index (χ1) is 11.5. The molecule has 0 aliphatic rings. The van der Waals surface area contributed by atoms with Crippen molar-refractivity contribution in [1.29, 1.82) is 0 Å². The molecule has 5 heteroatoms. The molecule has 1 heterocycles. The second-order valence-electron chi connectivity index (χ2n) is 5.95. The first kappa shape index (κ1) is 16.7. The number of rotatable bonds is 5. The Morgan fingerprint density at radius 3 is 2.54 bits per heavy atom. The van der Waals surface area contributed by atoms with Crippen LogP contribution >= 0.6 is 11.6 Å². The first-order valence-corrected chi connectivity index (χ1v) is 8.33. The number of halogens is 1. The van der Waals surface area contributed by atoms with Crippen LogP contribution in [-0.4, -0.2) is 10.2 Å². The highest BCUT2D eigenvalue weighted by Gasteiger charge is 2.18. The molecule has 24 heavy (non-hydrogen) atoms. The molecule has 0 bridgehead atoms. The lowest BCUT2D eigenvalue weighted by Crippen LogP contribution is -2.23. The monoisotopic (exact) mass is 341 g/mol. The zero-order valence-corrected chi connectivity index (χ0v) is 14.7. The fraction of sp³-hybridized carbons (Fsp3) is 0.263. The Morgan fingerprint density at radius 1 is 1.00 bits per heavy atom. The molecule has 1 aromatic heterocycles. The third-order valence-corrected chi connectivity index (χ3v) is 4.29. The maximum atomic E-state index is 6.26. The molecule has 0 aliphatic heterocycles. The van der Waals surface area contributed by atoms with Gasteiger partial charge in [-0.15, -0.1) is 10.2 Å². The highest BCUT2D eigenvalue weighted by atomic mass is 35.5. The fourth-order valence-corrected chi connectivity index (χ4v) is 2.97. The van der Waals surface area contributed by atoms with Crippen LogP contribution in [0.3, 0.4) is 0 Å². The SMILES string of the molecule is Cc1cccc(-c2nnc([C@H](C)N[C@@H](C)c3ccccc3Cl)o2)c1. The Morgan fingerprint density at radius 2 is 1.79 bits per heavy atom. The number of nitrogens with zero attached hydrogens (tertiary/aromatic N) is 2. The van der Waals surface area contributed by atoms with Crippen LogP contribution in [0.2, 0.25) is 5.02 Å². The molecule has 0 spiro atoms. The molecule has 4 nitrogen and oxygen atoms in total. The van der Waals surface area contributed by atoms with E-state index in [4.69, 9.17) is 16.0 Å². The molecule has 1 N–H and O–H groups in total. The third-order valence-electron chi connectivity index (χ3n) is 3.95. The van der Waals surface area contributed by atoms with E-state index >= 15 is 0 Å². The van der Waals surface area contributed by atoms with Crippen molar-refractivity contribution in [2.24, 2.45) is 0 Å². The second kappa shape index (κ2) is 7.16. The Kier molecular flexibility index (Phi) is 4.97. The lowest BCUT2D eigenvalue weighted by atomic mass is 10.1. The predicted octanol–water partition coefficient (Wildman–Crippen LogP) is 5.11. The largest absolute Gasteiger partial charge is 0.419 e. The Labute approximate surface area is 146 Å². The minimum Gasteiger partial charge on any atom is -0.419 e. The summed E-state index contributed by atoms with van der Waals surface area (Å²) in [5.74, 6) is 1.10. The Bertz CT molecular complexity index is 831. The van der Waals surface area contributed by atoms with Gasteiger partial charge in [0.15, 0.2) is 0 Å². The van der Waals surface area contributed by atoms with Crippen LogP contribution in [0.15, 0.2) is 52.9 Å². The summed E-state index contributed by atoms with van der Waals surface area (Å²) in [5, 5.41) is 12.5. The summed E-state index contributed by atoms with van der Waals surface area (Å²) in [6, 6.07) is 15.8. The van der Waals surface area contributed by atoms with E-state index in [1.54, 1.807) is 0 Å². The smallest absolute Gasteiger partial charge is 0.247 e. The van der Waals surface area contributed by atoms with Crippen LogP contribution in [0.4, 0.5) is 0 Å². The number of nitrogens with one attached hydrogen (secondary N) is 1. The quantitative estimate of drug-likeness (QED) is 0.700. The molecule has 124 valence electrons. The number of aryl methyl sites for hydroxylation is 1. The molecule has 0 aliphatic carbocycles. The summed E-state index contributed by atoms with van der Waals surface area (Å²) in [7, 11) is 0. The van der Waals surface area contributed by atoms with Crippen molar-refractivity contribution in [3.8, 4) is 11.5 Å². The molecule has 0 saturated heterocycles. The summed E-state index contributed by atoms with van der Waals surface area (Å²) >= 11 is 6.26. The van der Waals surface area contributed by atoms with Gasteiger partial charge >= 0.3 is 0 Å². The summed E-state index contributed by atoms with van der Waals surface area (Å²) < 4.78 is 5.84. The maximum absolute atomic E-state index is 6.26. The highest BCUT2D eigenvalue weighted by Crippen LogP contribution is 2.26. The third kappa shape index (κ3) is 3.66. The van der Waals surface area contributed by atoms with Crippen molar-refractivity contribution >= 4 is 11.6 Å². The van der Waals surface area contributed by atoms with Gasteiger partial charge in [-0.2, -0.15) is 0 Å². The average Bonchev–Trinajstić information content (AvgIpc) is 3.05. The minimum absolute atomic E-state index is 0.0722. The Balaban J connectivity index is 1.74. The molecule has 0 radical (unpaired) electrons. The molecule has 0 fully saturated rings. The van der Waals surface area contributed by atoms with Crippen molar-refractivity contribution in [1.82, 2.24) is 15.5 Å². The maximum Gasteiger partial charge on any atom is 0.247 e. The Hall–Kier alpha value is -2.17. The number of hydrogen-bond acceptors (Lipinski definition) is 4. The van der Waals surface area contributed by atoms with Gasteiger partial charge in [0.05, 0.1) is 6.04 Å². The lowest BCUT2D eigenvalue weighted by Gasteiger charge is -2.18. The van der Waals surface area contributed by atoms with Crippen LogP contribution in [0.25, 0.3) is 11.5 Å². The first-order valence-electron chi connectivity index (χ1n) is 7.95. The molecule has 2 aromatic carbocycles. The van der Waals surface area contributed by atoms with Crippen molar-refractivity contribution in [2.75, 3.05) is 0 Å². The molecule has 3 rings (SSSR count). The normalized spacial score (nSPS) is 13.7. The molecule has 3 aromatic rings. The van der Waals surface area contributed by atoms with Gasteiger partial charge in [-0.1, -0.05) is 47.5 Å². The van der Waals surface area contributed by atoms with Crippen molar-refractivity contribution in [3.63, 3.8) is 0 Å². The average molecular weight is 342 g/mol. The molecule has 0 amide bonds. The fourth-order valence-electron chi connectivity index (χ4n) is 2.67. The van der Waals surface area contributed by atoms with Crippen LogP contribution < -0.4 is 5.32 Å². The van der Waals surface area contributed by atoms with E-state index in [1.807, 2.05) is 62.4 Å². The summed E-state index contributed by atoms with van der Waals surface area (Å²) in [4.78, 5) is 0. The highest BCUT2D eigenvalue weighted by molar-refractivity contribution is 6.31. The van der Waals surface area contributed by atoms with E-state index in [9.17, 15) is 0 Å². The van der Waals surface area contributed by atoms with E-state index in [2.05, 4.69) is 22.4 Å². The van der Waals surface area contributed by atoms with E-state index < -0.39 is 0 Å². The molecular weight excluding hydrogens is 322 g/mol. The van der Waals surface area contributed by atoms with Crippen LogP contribution in [-0.2, 0) is 0 Å². The summed E-state index contributed by atoms with van der Waals surface area (Å²) in [6.07, 6.45) is 0. The van der Waals surface area contributed by atoms with E-state index in [0.717, 1.165) is 21.7 Å². The van der Waals surface area contributed by atoms with Crippen molar-refractivity contribution in [2.45, 2.75) is 32.9 Å². The van der Waals surface area contributed by atoms with Crippen molar-refractivity contribution in [3.05, 3.63) is 70.6 Å². The van der Waals surface area contributed by atoms with E-state index in [-0.39, 0.29) is 12.1 Å². The van der Waals surface area contributed by atoms with Gasteiger partial charge in [0, 0.05) is 16.6 Å². The lowest BCUT2D eigenvalue weighted by molar-refractivity contribution is 0.395. The second-order valence-corrected chi connectivity index (χ2v) is 6.35. The molecule has 2 atom stereocenters. The minimum atomic E-state index is -0.0812. The zero-order valence-electron chi connectivity index (χ0n) is 14.0.